The molecule has 2 saturated heterocycles. The molecule has 6 rings (SSSR count). The van der Waals surface area contributed by atoms with Gasteiger partial charge in [-0.25, -0.2) is 4.39 Å². The van der Waals surface area contributed by atoms with Gasteiger partial charge in [-0.3, -0.25) is 24.1 Å². The Kier molecular flexibility index (Phi) is 14.3. The Bertz CT molecular complexity index is 1990. The third-order valence-electron chi connectivity index (χ3n) is 10.5. The molecule has 4 aromatic rings. The summed E-state index contributed by atoms with van der Waals surface area (Å²) in [5, 5.41) is 7.25. The first-order valence-corrected chi connectivity index (χ1v) is 19.3. The van der Waals surface area contributed by atoms with E-state index >= 15 is 0 Å². The van der Waals surface area contributed by atoms with E-state index in [4.69, 9.17) is 14.0 Å². The second-order valence-electron chi connectivity index (χ2n) is 14.7. The maximum atomic E-state index is 14.8. The summed E-state index contributed by atoms with van der Waals surface area (Å²) in [5.41, 5.74) is 1.59. The number of nitrogens with one attached hydrogen (secondary N) is 1. The van der Waals surface area contributed by atoms with E-state index in [0.717, 1.165) is 16.7 Å². The molecule has 1 aromatic heterocycles. The van der Waals surface area contributed by atoms with Crippen LogP contribution in [0.1, 0.15) is 45.1 Å². The van der Waals surface area contributed by atoms with Gasteiger partial charge >= 0.3 is 11.9 Å². The van der Waals surface area contributed by atoms with Gasteiger partial charge in [-0.1, -0.05) is 65.8 Å². The molecule has 13 nitrogen and oxygen atoms in total. The largest absolute Gasteiger partial charge is 0.465 e. The van der Waals surface area contributed by atoms with Crippen molar-refractivity contribution >= 4 is 23.8 Å². The van der Waals surface area contributed by atoms with Crippen LogP contribution in [0.5, 0.6) is 0 Å². The fourth-order valence-corrected chi connectivity index (χ4v) is 7.33. The molecule has 0 bridgehead atoms. The summed E-state index contributed by atoms with van der Waals surface area (Å²) in [6, 6.07) is 22.1. The first kappa shape index (κ1) is 42.7. The van der Waals surface area contributed by atoms with E-state index in [-0.39, 0.29) is 36.1 Å². The molecule has 14 heteroatoms. The Hall–Kier alpha value is -5.47. The van der Waals surface area contributed by atoms with Gasteiger partial charge in [0.2, 0.25) is 17.6 Å². The van der Waals surface area contributed by atoms with Gasteiger partial charge in [0.15, 0.2) is 0 Å². The molecule has 0 saturated carbocycles. The van der Waals surface area contributed by atoms with Gasteiger partial charge in [0.25, 0.3) is 5.89 Å². The summed E-state index contributed by atoms with van der Waals surface area (Å²) in [5.74, 6) is -0.859. The third kappa shape index (κ3) is 9.74. The minimum Gasteiger partial charge on any atom is -0.465 e. The fourth-order valence-electron chi connectivity index (χ4n) is 7.33. The normalized spacial score (nSPS) is 16.1. The first-order valence-electron chi connectivity index (χ1n) is 19.3. The molecule has 0 atom stereocenters. The number of likely N-dealkylation sites (tertiary alicyclic amines) is 1. The molecular formula is C43H53FN6O7. The van der Waals surface area contributed by atoms with Gasteiger partial charge in [0, 0.05) is 64.5 Å². The molecule has 304 valence electrons. The van der Waals surface area contributed by atoms with Crippen molar-refractivity contribution in [1.82, 2.24) is 30.2 Å². The minimum atomic E-state index is -1.12. The summed E-state index contributed by atoms with van der Waals surface area (Å²) >= 11 is 0. The maximum absolute atomic E-state index is 14.8. The Morgan fingerprint density at radius 1 is 0.754 bits per heavy atom. The van der Waals surface area contributed by atoms with Gasteiger partial charge in [-0.05, 0) is 75.9 Å². The Morgan fingerprint density at radius 2 is 1.30 bits per heavy atom. The number of halogens is 1. The quantitative estimate of drug-likeness (QED) is 0.153. The summed E-state index contributed by atoms with van der Waals surface area (Å²) in [7, 11) is 6.68. The number of benzene rings is 3. The number of rotatable bonds is 11. The summed E-state index contributed by atoms with van der Waals surface area (Å²) < 4.78 is 30.6. The molecule has 0 radical (unpaired) electrons. The monoisotopic (exact) mass is 784 g/mol. The molecule has 57 heavy (non-hydrogen) atoms. The molecular weight excluding hydrogens is 732 g/mol. The van der Waals surface area contributed by atoms with Gasteiger partial charge in [-0.15, -0.1) is 0 Å². The van der Waals surface area contributed by atoms with Crippen molar-refractivity contribution in [2.75, 3.05) is 67.6 Å². The number of nitrogens with zero attached hydrogens (tertiary/aromatic N) is 5. The van der Waals surface area contributed by atoms with Crippen molar-refractivity contribution < 1.29 is 37.6 Å². The number of amides is 2. The van der Waals surface area contributed by atoms with Crippen molar-refractivity contribution in [2.45, 2.75) is 46.1 Å². The van der Waals surface area contributed by atoms with Gasteiger partial charge in [-0.2, -0.15) is 4.98 Å². The van der Waals surface area contributed by atoms with E-state index < -0.39 is 16.8 Å². The molecule has 0 aliphatic carbocycles. The Balaban J connectivity index is 0.000000326. The highest BCUT2D eigenvalue weighted by Gasteiger charge is 2.50. The zero-order valence-corrected chi connectivity index (χ0v) is 33.7. The highest BCUT2D eigenvalue weighted by molar-refractivity contribution is 6.03. The molecule has 0 unspecified atom stereocenters. The van der Waals surface area contributed by atoms with E-state index in [9.17, 15) is 23.6 Å². The van der Waals surface area contributed by atoms with Crippen LogP contribution >= 0.6 is 0 Å². The van der Waals surface area contributed by atoms with Crippen molar-refractivity contribution in [2.24, 2.45) is 10.8 Å². The lowest BCUT2D eigenvalue weighted by Gasteiger charge is -2.40. The minimum absolute atomic E-state index is 0.146. The Labute approximate surface area is 333 Å². The predicted molar refractivity (Wildman–Crippen MR) is 213 cm³/mol. The number of carbonyl (C=O) groups excluding carboxylic acids is 4. The van der Waals surface area contributed by atoms with Crippen LogP contribution in [0.2, 0.25) is 0 Å². The van der Waals surface area contributed by atoms with Crippen LogP contribution in [-0.4, -0.2) is 116 Å². The number of hydrogen-bond acceptors (Lipinski definition) is 11. The van der Waals surface area contributed by atoms with Crippen LogP contribution < -0.4 is 5.32 Å². The zero-order chi connectivity index (χ0) is 41.2. The fraction of sp³-hybridized carbons (Fsp3) is 0.442. The molecule has 2 fully saturated rings. The molecule has 3 aromatic carbocycles. The number of piperidine rings is 2. The highest BCUT2D eigenvalue weighted by Crippen LogP contribution is 2.36. The first-order chi connectivity index (χ1) is 27.3. The average Bonchev–Trinajstić information content (AvgIpc) is 3.72. The molecule has 1 N–H and O–H groups in total. The van der Waals surface area contributed by atoms with E-state index in [0.29, 0.717) is 82.0 Å². The second-order valence-corrected chi connectivity index (χ2v) is 14.7. The molecule has 3 heterocycles. The number of ether oxygens (including phenoxy) is 2. The van der Waals surface area contributed by atoms with Gasteiger partial charge in [0.1, 0.15) is 16.6 Å². The highest BCUT2D eigenvalue weighted by atomic mass is 19.1. The number of hydrogen-bond donors (Lipinski definition) is 1. The summed E-state index contributed by atoms with van der Waals surface area (Å²) in [6.07, 6.45) is 1.87. The van der Waals surface area contributed by atoms with E-state index in [1.165, 1.54) is 15.9 Å². The lowest BCUT2D eigenvalue weighted by molar-refractivity contribution is -0.168. The van der Waals surface area contributed by atoms with Crippen LogP contribution in [0, 0.1) is 16.6 Å². The van der Waals surface area contributed by atoms with Crippen LogP contribution in [0.4, 0.5) is 4.39 Å². The van der Waals surface area contributed by atoms with Crippen molar-refractivity contribution in [1.29, 1.82) is 0 Å². The van der Waals surface area contributed by atoms with E-state index in [1.54, 1.807) is 54.2 Å². The van der Waals surface area contributed by atoms with Crippen molar-refractivity contribution in [3.05, 3.63) is 84.2 Å². The van der Waals surface area contributed by atoms with E-state index in [1.807, 2.05) is 54.6 Å². The SMILES string of the molecule is CCOC(=O)C1(C(=O)N(C)C)CCN(Cc2ccc(-c3noc(-c4ccc(-c5ccccc5)c(F)c4)n3)cc2)CC1.CCOC(=O)C1(C(=O)N(C)C)CCNCC1. The lowest BCUT2D eigenvalue weighted by Crippen LogP contribution is -2.53. The molecule has 2 amide bonds. The Morgan fingerprint density at radius 3 is 1.82 bits per heavy atom. The van der Waals surface area contributed by atoms with Crippen molar-refractivity contribution in [3.8, 4) is 34.0 Å². The summed E-state index contributed by atoms with van der Waals surface area (Å²) in [4.78, 5) is 59.5. The molecule has 0 spiro atoms. The summed E-state index contributed by atoms with van der Waals surface area (Å²) in [6.45, 7) is 7.32. The second kappa shape index (κ2) is 19.1. The zero-order valence-electron chi connectivity index (χ0n) is 33.7. The number of aromatic nitrogens is 2. The predicted octanol–water partition coefficient (Wildman–Crippen LogP) is 5.45. The molecule has 2 aliphatic heterocycles. The van der Waals surface area contributed by atoms with Gasteiger partial charge in [0.05, 0.1) is 13.2 Å². The maximum Gasteiger partial charge on any atom is 0.321 e. The number of carbonyl (C=O) groups is 4. The lowest BCUT2D eigenvalue weighted by atomic mass is 9.77. The van der Waals surface area contributed by atoms with Crippen LogP contribution in [0.3, 0.4) is 0 Å². The van der Waals surface area contributed by atoms with Crippen LogP contribution in [-0.2, 0) is 35.2 Å². The molecule has 2 aliphatic rings. The third-order valence-corrected chi connectivity index (χ3v) is 10.5. The van der Waals surface area contributed by atoms with Gasteiger partial charge < -0.3 is 29.1 Å². The smallest absolute Gasteiger partial charge is 0.321 e. The van der Waals surface area contributed by atoms with Crippen LogP contribution in [0.15, 0.2) is 77.3 Å². The van der Waals surface area contributed by atoms with Crippen molar-refractivity contribution in [3.63, 3.8) is 0 Å². The number of esters is 2. The topological polar surface area (TPSA) is 147 Å². The average molecular weight is 785 g/mol. The van der Waals surface area contributed by atoms with E-state index in [2.05, 4.69) is 20.4 Å². The standard InChI is InChI=1S/C32H33FN4O4.C11H20N2O3/c1-4-40-31(39)32(30(38)36(2)3)16-18-37(19-17-32)21-22-10-12-24(13-11-22)28-34-29(41-35-28)25-14-15-26(27(33)20-25)23-8-6-5-7-9-23;1-4-16-10(15)11(9(14)13(2)3)5-7-12-8-6-11/h5-15,20H,4,16-19,21H2,1-3H3;12H,4-8H2,1-3H3. The van der Waals surface area contributed by atoms with Crippen LogP contribution in [0.25, 0.3) is 34.0 Å².